The number of halogens is 2. The number of aliphatic imine (C=N–C) groups is 1. The maximum absolute atomic E-state index is 12.3. The van der Waals surface area contributed by atoms with Crippen LogP contribution in [0.4, 0.5) is 0 Å². The summed E-state index contributed by atoms with van der Waals surface area (Å²) in [6.07, 6.45) is 4.53. The fourth-order valence-electron chi connectivity index (χ4n) is 2.66. The van der Waals surface area contributed by atoms with E-state index in [2.05, 4.69) is 68.6 Å². The Labute approximate surface area is 183 Å². The molecule has 0 bridgehead atoms. The van der Waals surface area contributed by atoms with Gasteiger partial charge in [0.1, 0.15) is 0 Å². The normalized spacial score (nSPS) is 13.5. The third-order valence-electron chi connectivity index (χ3n) is 4.15. The molecule has 0 saturated carbocycles. The lowest BCUT2D eigenvalue weighted by molar-refractivity contribution is -0.157. The van der Waals surface area contributed by atoms with Crippen LogP contribution in [0.1, 0.15) is 49.8 Å². The second-order valence-corrected chi connectivity index (χ2v) is 8.38. The van der Waals surface area contributed by atoms with Gasteiger partial charge in [-0.15, -0.1) is 0 Å². The summed E-state index contributed by atoms with van der Waals surface area (Å²) in [7, 11) is 0. The molecule has 2 aromatic rings. The van der Waals surface area contributed by atoms with Gasteiger partial charge in [0.15, 0.2) is 0 Å². The number of alkyl halides is 1. The van der Waals surface area contributed by atoms with Crippen LogP contribution in [0.3, 0.4) is 0 Å². The van der Waals surface area contributed by atoms with Crippen LogP contribution < -0.4 is 0 Å². The molecule has 5 heteroatoms. The summed E-state index contributed by atoms with van der Waals surface area (Å²) in [4.78, 5) is 16.9. The first kappa shape index (κ1) is 22.1. The first-order valence-electron chi connectivity index (χ1n) is 9.11. The zero-order valence-corrected chi connectivity index (χ0v) is 19.5. The second kappa shape index (κ2) is 11.0. The van der Waals surface area contributed by atoms with Crippen LogP contribution in [0.2, 0.25) is 0 Å². The smallest absolute Gasteiger partial charge is 0.307 e. The Morgan fingerprint density at radius 2 is 2.00 bits per heavy atom. The molecule has 0 amide bonds. The average Bonchev–Trinajstić information content (AvgIpc) is 2.66. The summed E-state index contributed by atoms with van der Waals surface area (Å²) in [6.45, 7) is 3.94. The quantitative estimate of drug-likeness (QED) is 0.162. The van der Waals surface area contributed by atoms with Gasteiger partial charge in [-0.2, -0.15) is 0 Å². The Morgan fingerprint density at radius 1 is 1.26 bits per heavy atom. The van der Waals surface area contributed by atoms with Crippen molar-refractivity contribution in [1.29, 1.82) is 0 Å². The average molecular weight is 542 g/mol. The Balaban J connectivity index is 2.23. The van der Waals surface area contributed by atoms with Crippen molar-refractivity contribution < 1.29 is 9.53 Å². The van der Waals surface area contributed by atoms with E-state index in [-0.39, 0.29) is 5.97 Å². The Kier molecular flexibility index (Phi) is 8.96. The van der Waals surface area contributed by atoms with Crippen LogP contribution in [0.5, 0.6) is 0 Å². The highest BCUT2D eigenvalue weighted by atomic mass is 127. The number of benzene rings is 2. The second-order valence-electron chi connectivity index (χ2n) is 6.66. The van der Waals surface area contributed by atoms with Crippen LogP contribution in [-0.2, 0) is 21.3 Å². The minimum atomic E-state index is -0.931. The van der Waals surface area contributed by atoms with Gasteiger partial charge in [0.25, 0.3) is 0 Å². The molecule has 0 N–H and O–H groups in total. The number of carbonyl (C=O) groups excluding carboxylic acids is 1. The van der Waals surface area contributed by atoms with Crippen molar-refractivity contribution in [3.8, 4) is 0 Å². The summed E-state index contributed by atoms with van der Waals surface area (Å²) in [5.74, 6) is -0.198. The lowest BCUT2D eigenvalue weighted by Crippen LogP contribution is -2.32. The van der Waals surface area contributed by atoms with Crippen molar-refractivity contribution in [3.63, 3.8) is 0 Å². The molecule has 0 aliphatic rings. The molecule has 0 aliphatic heterocycles. The summed E-state index contributed by atoms with van der Waals surface area (Å²) in [5.41, 5.74) is 2.39. The third-order valence-corrected chi connectivity index (χ3v) is 5.76. The molecule has 144 valence electrons. The fraction of sp³-hybridized carbons (Fsp3) is 0.364. The Hall–Kier alpha value is -1.21. The topological polar surface area (TPSA) is 38.7 Å². The highest BCUT2D eigenvalue weighted by Gasteiger charge is 2.28. The lowest BCUT2D eigenvalue weighted by Gasteiger charge is -2.26. The minimum Gasteiger partial charge on any atom is -0.437 e. The predicted octanol–water partition coefficient (Wildman–Crippen LogP) is 6.30. The number of rotatable bonds is 9. The van der Waals surface area contributed by atoms with Crippen molar-refractivity contribution in [1.82, 2.24) is 0 Å². The zero-order valence-electron chi connectivity index (χ0n) is 15.8. The molecule has 0 unspecified atom stereocenters. The molecule has 0 aromatic heterocycles. The molecule has 0 heterocycles. The molecule has 0 radical (unpaired) electrons. The number of nitrogens with zero attached hydrogens (tertiary/aromatic N) is 1. The van der Waals surface area contributed by atoms with Gasteiger partial charge in [-0.1, -0.05) is 71.7 Å². The maximum Gasteiger partial charge on any atom is 0.307 e. The van der Waals surface area contributed by atoms with Crippen LogP contribution in [0, 0.1) is 3.57 Å². The fourth-order valence-corrected chi connectivity index (χ4v) is 4.45. The number of carbonyl (C=O) groups is 1. The molecule has 0 fully saturated rings. The van der Waals surface area contributed by atoms with E-state index in [0.29, 0.717) is 12.8 Å². The van der Waals surface area contributed by atoms with Gasteiger partial charge in [0, 0.05) is 28.0 Å². The Bertz CT molecular complexity index is 779. The summed E-state index contributed by atoms with van der Waals surface area (Å²) >= 11 is 5.84. The van der Waals surface area contributed by atoms with Crippen molar-refractivity contribution >= 4 is 50.7 Å². The van der Waals surface area contributed by atoms with Crippen molar-refractivity contribution in [2.24, 2.45) is 4.99 Å². The molecule has 0 aliphatic carbocycles. The standard InChI is InChI=1S/C22H25BrINO2/c1-3-4-10-21(26)27-22(2,25-16-17-8-6-5-7-9-17)14-18-11-12-19(15-23)20(24)13-18/h5-9,11-13,16H,3-4,10,14-15H2,1-2H3/b25-16+/t22-/m1/s1. The number of hydrogen-bond acceptors (Lipinski definition) is 3. The highest BCUT2D eigenvalue weighted by molar-refractivity contribution is 14.1. The molecule has 0 spiro atoms. The van der Waals surface area contributed by atoms with E-state index in [9.17, 15) is 4.79 Å². The van der Waals surface area contributed by atoms with Crippen molar-refractivity contribution in [2.75, 3.05) is 0 Å². The van der Waals surface area contributed by atoms with E-state index in [1.807, 2.05) is 37.3 Å². The molecule has 2 rings (SSSR count). The molecule has 1 atom stereocenters. The van der Waals surface area contributed by atoms with Gasteiger partial charge in [0.2, 0.25) is 5.72 Å². The molecular formula is C22H25BrINO2. The largest absolute Gasteiger partial charge is 0.437 e. The van der Waals surface area contributed by atoms with E-state index in [1.54, 1.807) is 6.21 Å². The van der Waals surface area contributed by atoms with E-state index in [4.69, 9.17) is 4.74 Å². The van der Waals surface area contributed by atoms with Gasteiger partial charge in [-0.05, 0) is 58.7 Å². The lowest BCUT2D eigenvalue weighted by atomic mass is 10.0. The molecule has 27 heavy (non-hydrogen) atoms. The van der Waals surface area contributed by atoms with Crippen LogP contribution in [-0.4, -0.2) is 17.9 Å². The van der Waals surface area contributed by atoms with Crippen molar-refractivity contribution in [2.45, 2.75) is 50.6 Å². The molecule has 3 nitrogen and oxygen atoms in total. The van der Waals surface area contributed by atoms with E-state index >= 15 is 0 Å². The summed E-state index contributed by atoms with van der Waals surface area (Å²) in [5, 5.41) is 0.820. The highest BCUT2D eigenvalue weighted by Crippen LogP contribution is 2.24. The number of unbranched alkanes of at least 4 members (excludes halogenated alkanes) is 1. The van der Waals surface area contributed by atoms with Gasteiger partial charge >= 0.3 is 5.97 Å². The van der Waals surface area contributed by atoms with Gasteiger partial charge in [0.05, 0.1) is 0 Å². The zero-order chi connectivity index (χ0) is 19.7. The Morgan fingerprint density at radius 3 is 2.63 bits per heavy atom. The minimum absolute atomic E-state index is 0.198. The summed E-state index contributed by atoms with van der Waals surface area (Å²) < 4.78 is 7.00. The van der Waals surface area contributed by atoms with Crippen LogP contribution in [0.25, 0.3) is 0 Å². The SMILES string of the molecule is CCCCC(=O)O[C@](C)(Cc1ccc(CBr)c(I)c1)/N=C/c1ccccc1. The predicted molar refractivity (Wildman–Crippen MR) is 124 cm³/mol. The summed E-state index contributed by atoms with van der Waals surface area (Å²) in [6, 6.07) is 16.2. The van der Waals surface area contributed by atoms with Gasteiger partial charge in [-0.3, -0.25) is 4.79 Å². The van der Waals surface area contributed by atoms with Gasteiger partial charge in [-0.25, -0.2) is 4.99 Å². The van der Waals surface area contributed by atoms with Gasteiger partial charge < -0.3 is 4.74 Å². The molecule has 2 aromatic carbocycles. The van der Waals surface area contributed by atoms with E-state index in [1.165, 1.54) is 9.13 Å². The number of ether oxygens (including phenoxy) is 1. The number of esters is 1. The number of hydrogen-bond donors (Lipinski definition) is 0. The van der Waals surface area contributed by atoms with Crippen LogP contribution in [0.15, 0.2) is 53.5 Å². The third kappa shape index (κ3) is 7.37. The van der Waals surface area contributed by atoms with Crippen LogP contribution >= 0.6 is 38.5 Å². The maximum atomic E-state index is 12.3. The first-order chi connectivity index (χ1) is 13.0. The first-order valence-corrected chi connectivity index (χ1v) is 11.3. The van der Waals surface area contributed by atoms with Crippen molar-refractivity contribution in [3.05, 3.63) is 68.8 Å². The molecular weight excluding hydrogens is 517 g/mol. The van der Waals surface area contributed by atoms with E-state index < -0.39 is 5.72 Å². The van der Waals surface area contributed by atoms with E-state index in [0.717, 1.165) is 29.3 Å². The monoisotopic (exact) mass is 541 g/mol. The molecule has 0 saturated heterocycles.